The largest absolute Gasteiger partial charge is 0.481 e. The molecule has 0 bridgehead atoms. The zero-order chi connectivity index (χ0) is 20.9. The maximum Gasteiger partial charge on any atom is 0.316 e. The molecule has 2 aliphatic rings. The number of methoxy groups -OCH3 is 1. The van der Waals surface area contributed by atoms with Crippen LogP contribution in [-0.4, -0.2) is 56.0 Å². The van der Waals surface area contributed by atoms with Crippen LogP contribution < -0.4 is 10.6 Å². The average Bonchev–Trinajstić information content (AvgIpc) is 3.03. The Balaban J connectivity index is -0.000000322. The molecule has 0 saturated carbocycles. The fourth-order valence-corrected chi connectivity index (χ4v) is 2.44. The van der Waals surface area contributed by atoms with Gasteiger partial charge in [-0.15, -0.1) is 0 Å². The fourth-order valence-electron chi connectivity index (χ4n) is 2.44. The van der Waals surface area contributed by atoms with Gasteiger partial charge in [0.25, 0.3) is 0 Å². The summed E-state index contributed by atoms with van der Waals surface area (Å²) in [5.74, 6) is -2.65. The van der Waals surface area contributed by atoms with Crippen molar-refractivity contribution in [1.82, 2.24) is 10.6 Å². The van der Waals surface area contributed by atoms with Crippen molar-refractivity contribution >= 4 is 23.6 Å². The number of aliphatic carboxylic acids is 1. The van der Waals surface area contributed by atoms with Gasteiger partial charge in [-0.25, -0.2) is 0 Å². The van der Waals surface area contributed by atoms with E-state index in [9.17, 15) is 19.2 Å². The van der Waals surface area contributed by atoms with Gasteiger partial charge in [0.15, 0.2) is 0 Å². The van der Waals surface area contributed by atoms with Crippen molar-refractivity contribution < 1.29 is 29.0 Å². The molecule has 8 nitrogen and oxygen atoms in total. The zero-order valence-corrected chi connectivity index (χ0v) is 16.9. The molecule has 2 fully saturated rings. The lowest BCUT2D eigenvalue weighted by Crippen LogP contribution is -2.26. The maximum atomic E-state index is 10.9. The molecule has 4 unspecified atom stereocenters. The van der Waals surface area contributed by atoms with Crippen LogP contribution in [0, 0.1) is 23.7 Å². The molecule has 2 heterocycles. The first-order valence-electron chi connectivity index (χ1n) is 8.77. The van der Waals surface area contributed by atoms with E-state index in [1.807, 2.05) is 6.92 Å². The molecule has 2 rings (SSSR count). The molecule has 0 radical (unpaired) electrons. The number of carboxylic acid groups (broad SMARTS) is 1. The quantitative estimate of drug-likeness (QED) is 0.617. The number of hydrogen-bond donors (Lipinski definition) is 3. The number of nitrogens with one attached hydrogen (secondary N) is 2. The van der Waals surface area contributed by atoms with Gasteiger partial charge in [-0.2, -0.15) is 0 Å². The first-order valence-corrected chi connectivity index (χ1v) is 8.77. The topological polar surface area (TPSA) is 122 Å². The number of hydrogen-bond acceptors (Lipinski definition) is 5. The molecule has 2 saturated heterocycles. The van der Waals surface area contributed by atoms with Crippen molar-refractivity contribution in [3.63, 3.8) is 0 Å². The van der Waals surface area contributed by atoms with Crippen molar-refractivity contribution in [2.24, 2.45) is 23.7 Å². The number of ketones is 1. The van der Waals surface area contributed by atoms with Gasteiger partial charge in [0.05, 0.1) is 0 Å². The van der Waals surface area contributed by atoms with Gasteiger partial charge in [-0.3, -0.25) is 19.2 Å². The zero-order valence-electron chi connectivity index (χ0n) is 16.9. The molecule has 8 heteroatoms. The van der Waals surface area contributed by atoms with Crippen molar-refractivity contribution in [1.29, 1.82) is 0 Å². The van der Waals surface area contributed by atoms with Gasteiger partial charge in [-0.05, 0) is 18.8 Å². The van der Waals surface area contributed by atoms with Gasteiger partial charge in [0.2, 0.25) is 11.8 Å². The number of Topliss-reactive ketones (excluding diaryl/α,β-unsaturated/α-hetero) is 1. The molecule has 0 spiro atoms. The van der Waals surface area contributed by atoms with Crippen molar-refractivity contribution in [2.75, 3.05) is 27.3 Å². The van der Waals surface area contributed by atoms with Crippen LogP contribution in [0.4, 0.5) is 0 Å². The monoisotopic (exact) mass is 390 g/mol. The van der Waals surface area contributed by atoms with Crippen LogP contribution >= 0.6 is 0 Å². The first-order chi connectivity index (χ1) is 12.1. The van der Waals surface area contributed by atoms with Crippen molar-refractivity contribution in [3.05, 3.63) is 0 Å². The van der Waals surface area contributed by atoms with Crippen LogP contribution in [0.1, 0.15) is 48.5 Å². The molecule has 0 aliphatic carbocycles. The summed E-state index contributed by atoms with van der Waals surface area (Å²) in [5, 5.41) is 13.6. The molecule has 3 N–H and O–H groups in total. The Hall–Kier alpha value is -1.96. The summed E-state index contributed by atoms with van der Waals surface area (Å²) in [6, 6.07) is 0. The summed E-state index contributed by atoms with van der Waals surface area (Å²) >= 11 is 0. The highest BCUT2D eigenvalue weighted by Crippen LogP contribution is 2.17. The Bertz CT molecular complexity index is 425. The van der Waals surface area contributed by atoms with Crippen LogP contribution in [0.15, 0.2) is 0 Å². The number of rotatable bonds is 2. The van der Waals surface area contributed by atoms with E-state index in [4.69, 9.17) is 5.11 Å². The molecule has 0 aromatic heterocycles. The van der Waals surface area contributed by atoms with Gasteiger partial charge in [0.1, 0.15) is 17.6 Å². The molecule has 4 atom stereocenters. The Labute approximate surface area is 163 Å². The van der Waals surface area contributed by atoms with E-state index in [0.29, 0.717) is 13.1 Å². The van der Waals surface area contributed by atoms with Gasteiger partial charge in [0, 0.05) is 27.3 Å². The second kappa shape index (κ2) is 16.2. The Kier molecular flexibility index (Phi) is 17.9. The summed E-state index contributed by atoms with van der Waals surface area (Å²) in [7, 11) is 3.25. The van der Waals surface area contributed by atoms with Crippen molar-refractivity contribution in [2.45, 2.75) is 48.5 Å². The highest BCUT2D eigenvalue weighted by Gasteiger charge is 2.37. The van der Waals surface area contributed by atoms with E-state index < -0.39 is 11.9 Å². The van der Waals surface area contributed by atoms with Crippen LogP contribution in [0.2, 0.25) is 0 Å². The van der Waals surface area contributed by atoms with E-state index in [2.05, 4.69) is 29.2 Å². The third kappa shape index (κ3) is 11.4. The molecule has 2 amide bonds. The highest BCUT2D eigenvalue weighted by atomic mass is 16.4. The van der Waals surface area contributed by atoms with Gasteiger partial charge in [-0.1, -0.05) is 41.5 Å². The van der Waals surface area contributed by atoms with Gasteiger partial charge < -0.3 is 20.5 Å². The smallest absolute Gasteiger partial charge is 0.316 e. The summed E-state index contributed by atoms with van der Waals surface area (Å²) in [5.41, 5.74) is 0. The lowest BCUT2D eigenvalue weighted by atomic mass is 9.94. The Morgan fingerprint density at radius 3 is 1.41 bits per heavy atom. The summed E-state index contributed by atoms with van der Waals surface area (Å²) in [4.78, 5) is 42.8. The molecular formula is C19H38N2O6. The second-order valence-electron chi connectivity index (χ2n) is 6.46. The average molecular weight is 391 g/mol. The second-order valence-corrected chi connectivity index (χ2v) is 6.46. The SMILES string of the molecule is C.CC(=O)C1C(=O)NCC1C.CC1CNC(=O)C1C(=O)O.CCC.COC. The van der Waals surface area contributed by atoms with Crippen LogP contribution in [0.25, 0.3) is 0 Å². The summed E-state index contributed by atoms with van der Waals surface area (Å²) in [6.45, 7) is 10.5. The number of amides is 2. The summed E-state index contributed by atoms with van der Waals surface area (Å²) in [6.07, 6.45) is 1.25. The number of carbonyl (C=O) groups is 4. The normalized spacial score (nSPS) is 25.0. The van der Waals surface area contributed by atoms with E-state index in [-0.39, 0.29) is 42.8 Å². The molecule has 27 heavy (non-hydrogen) atoms. The highest BCUT2D eigenvalue weighted by molar-refractivity contribution is 6.02. The lowest BCUT2D eigenvalue weighted by Gasteiger charge is -2.05. The minimum Gasteiger partial charge on any atom is -0.481 e. The van der Waals surface area contributed by atoms with Crippen LogP contribution in [0.5, 0.6) is 0 Å². The molecule has 2 aliphatic heterocycles. The van der Waals surface area contributed by atoms with Gasteiger partial charge >= 0.3 is 5.97 Å². The number of carboxylic acids is 1. The van der Waals surface area contributed by atoms with E-state index >= 15 is 0 Å². The minimum absolute atomic E-state index is 0. The number of carbonyl (C=O) groups excluding carboxylic acids is 3. The molecule has 160 valence electrons. The number of ether oxygens (including phenoxy) is 1. The summed E-state index contributed by atoms with van der Waals surface area (Å²) < 4.78 is 4.25. The third-order valence-corrected chi connectivity index (χ3v) is 3.60. The lowest BCUT2D eigenvalue weighted by molar-refractivity contribution is -0.146. The third-order valence-electron chi connectivity index (χ3n) is 3.60. The van der Waals surface area contributed by atoms with Crippen LogP contribution in [-0.2, 0) is 23.9 Å². The van der Waals surface area contributed by atoms with Crippen molar-refractivity contribution in [3.8, 4) is 0 Å². The Morgan fingerprint density at radius 1 is 1.00 bits per heavy atom. The predicted octanol–water partition coefficient (Wildman–Crippen LogP) is 1.73. The standard InChI is InChI=1S/C7H11NO2.C6H9NO3.C3H8.C2H6O.CH4/c1-4-3-8-7(10)6(4)5(2)9;1-3-2-7-5(8)4(3)6(9)10;2*1-3-2;/h4,6H,3H2,1-2H3,(H,8,10);3-4H,2H2,1H3,(H,7,8)(H,9,10);3H2,1-2H3;1-2H3;1H4. The van der Waals surface area contributed by atoms with Crippen LogP contribution in [0.3, 0.4) is 0 Å². The minimum atomic E-state index is -1.03. The first kappa shape index (κ1) is 29.8. The molecule has 0 aromatic carbocycles. The molecule has 0 aromatic rings. The maximum absolute atomic E-state index is 10.9. The fraction of sp³-hybridized carbons (Fsp3) is 0.789. The Morgan fingerprint density at radius 2 is 1.30 bits per heavy atom. The van der Waals surface area contributed by atoms with E-state index in [1.165, 1.54) is 13.3 Å². The van der Waals surface area contributed by atoms with E-state index in [1.54, 1.807) is 21.1 Å². The predicted molar refractivity (Wildman–Crippen MR) is 105 cm³/mol. The van der Waals surface area contributed by atoms with E-state index in [0.717, 1.165) is 0 Å². The molecular weight excluding hydrogens is 352 g/mol.